The topological polar surface area (TPSA) is 22.1 Å². The number of rotatable bonds is 6. The summed E-state index contributed by atoms with van der Waals surface area (Å²) >= 11 is 7.00. The minimum Gasteiger partial charge on any atom is -0.381 e. The Bertz CT molecular complexity index is 316. The quantitative estimate of drug-likeness (QED) is 0.585. The van der Waals surface area contributed by atoms with Gasteiger partial charge in [0.05, 0.1) is 36.2 Å². The molecule has 0 bridgehead atoms. The van der Waals surface area contributed by atoms with Gasteiger partial charge in [-0.3, -0.25) is 0 Å². The third-order valence-electron chi connectivity index (χ3n) is 1.73. The Kier molecular flexibility index (Phi) is 5.51. The van der Waals surface area contributed by atoms with E-state index in [1.165, 1.54) is 11.3 Å². The van der Waals surface area contributed by atoms with Crippen LogP contribution in [0, 0.1) is 0 Å². The molecule has 0 aliphatic carbocycles. The van der Waals surface area contributed by atoms with Crippen molar-refractivity contribution in [3.8, 4) is 0 Å². The van der Waals surface area contributed by atoms with Crippen LogP contribution in [0.2, 0.25) is 0 Å². The molecule has 0 saturated carbocycles. The zero-order valence-electron chi connectivity index (χ0n) is 8.39. The second-order valence-corrected chi connectivity index (χ2v) is 4.30. The van der Waals surface area contributed by atoms with Gasteiger partial charge in [0, 0.05) is 11.8 Å². The van der Waals surface area contributed by atoms with Gasteiger partial charge in [-0.2, -0.15) is 13.2 Å². The van der Waals surface area contributed by atoms with E-state index in [2.05, 4.69) is 4.98 Å². The molecule has 0 atom stereocenters. The molecular formula is C9H11ClF3NOS. The first-order valence-corrected chi connectivity index (χ1v) is 6.06. The SMILES string of the molecule is FC(F)(F)CCOCCc1nc(CCl)cs1. The lowest BCUT2D eigenvalue weighted by atomic mass is 10.4. The fourth-order valence-corrected chi connectivity index (χ4v) is 1.98. The van der Waals surface area contributed by atoms with Crippen LogP contribution in [0.15, 0.2) is 5.38 Å². The van der Waals surface area contributed by atoms with Crippen molar-refractivity contribution in [2.75, 3.05) is 13.2 Å². The molecule has 0 aliphatic heterocycles. The van der Waals surface area contributed by atoms with E-state index < -0.39 is 12.6 Å². The first-order chi connectivity index (χ1) is 7.51. The van der Waals surface area contributed by atoms with Gasteiger partial charge in [-0.15, -0.1) is 22.9 Å². The third kappa shape index (κ3) is 5.67. The summed E-state index contributed by atoms with van der Waals surface area (Å²) in [6.07, 6.45) is -4.52. The lowest BCUT2D eigenvalue weighted by Crippen LogP contribution is -2.12. The number of halogens is 4. The van der Waals surface area contributed by atoms with Gasteiger partial charge in [-0.05, 0) is 0 Å². The van der Waals surface area contributed by atoms with Gasteiger partial charge >= 0.3 is 6.18 Å². The molecule has 7 heteroatoms. The normalized spacial score (nSPS) is 12.0. The van der Waals surface area contributed by atoms with Crippen molar-refractivity contribution < 1.29 is 17.9 Å². The molecule has 0 fully saturated rings. The van der Waals surface area contributed by atoms with Gasteiger partial charge in [0.2, 0.25) is 0 Å². The maximum atomic E-state index is 11.8. The summed E-state index contributed by atoms with van der Waals surface area (Å²) in [4.78, 5) is 4.16. The average molecular weight is 274 g/mol. The van der Waals surface area contributed by atoms with Gasteiger partial charge in [0.15, 0.2) is 0 Å². The largest absolute Gasteiger partial charge is 0.391 e. The molecule has 92 valence electrons. The van der Waals surface area contributed by atoms with E-state index in [9.17, 15) is 13.2 Å². The highest BCUT2D eigenvalue weighted by molar-refractivity contribution is 7.09. The smallest absolute Gasteiger partial charge is 0.381 e. The first kappa shape index (κ1) is 13.7. The molecule has 1 rings (SSSR count). The number of hydrogen-bond acceptors (Lipinski definition) is 3. The van der Waals surface area contributed by atoms with E-state index in [0.717, 1.165) is 10.7 Å². The maximum absolute atomic E-state index is 11.8. The first-order valence-electron chi connectivity index (χ1n) is 4.65. The Balaban J connectivity index is 2.11. The molecule has 0 N–H and O–H groups in total. The summed E-state index contributed by atoms with van der Waals surface area (Å²) in [5, 5.41) is 2.67. The van der Waals surface area contributed by atoms with Crippen LogP contribution in [0.1, 0.15) is 17.1 Å². The number of ether oxygens (including phenoxy) is 1. The van der Waals surface area contributed by atoms with Crippen molar-refractivity contribution in [3.05, 3.63) is 16.1 Å². The minimum atomic E-state index is -4.15. The Labute approximate surface area is 100 Å². The summed E-state index contributed by atoms with van der Waals surface area (Å²) in [7, 11) is 0. The van der Waals surface area contributed by atoms with E-state index in [0.29, 0.717) is 12.3 Å². The van der Waals surface area contributed by atoms with Gasteiger partial charge in [0.1, 0.15) is 0 Å². The van der Waals surface area contributed by atoms with Crippen LogP contribution in [-0.4, -0.2) is 24.4 Å². The van der Waals surface area contributed by atoms with Crippen molar-refractivity contribution in [2.45, 2.75) is 24.9 Å². The minimum absolute atomic E-state index is 0.255. The molecule has 1 aromatic rings. The number of aromatic nitrogens is 1. The van der Waals surface area contributed by atoms with Gasteiger partial charge in [0.25, 0.3) is 0 Å². The van der Waals surface area contributed by atoms with Gasteiger partial charge < -0.3 is 4.74 Å². The Morgan fingerprint density at radius 3 is 2.69 bits per heavy atom. The molecule has 0 amide bonds. The summed E-state index contributed by atoms with van der Waals surface area (Å²) in [6, 6.07) is 0. The molecular weight excluding hydrogens is 263 g/mol. The van der Waals surface area contributed by atoms with Crippen LogP contribution in [0.25, 0.3) is 0 Å². The molecule has 16 heavy (non-hydrogen) atoms. The summed E-state index contributed by atoms with van der Waals surface area (Å²) in [5.41, 5.74) is 0.789. The molecule has 2 nitrogen and oxygen atoms in total. The second kappa shape index (κ2) is 6.42. The lowest BCUT2D eigenvalue weighted by Gasteiger charge is -2.06. The van der Waals surface area contributed by atoms with Crippen LogP contribution in [0.3, 0.4) is 0 Å². The van der Waals surface area contributed by atoms with Crippen molar-refractivity contribution >= 4 is 22.9 Å². The van der Waals surface area contributed by atoms with E-state index >= 15 is 0 Å². The maximum Gasteiger partial charge on any atom is 0.391 e. The molecule has 0 aromatic carbocycles. The lowest BCUT2D eigenvalue weighted by molar-refractivity contribution is -0.145. The molecule has 0 radical (unpaired) electrons. The Morgan fingerprint density at radius 2 is 2.12 bits per heavy atom. The third-order valence-corrected chi connectivity index (χ3v) is 2.96. The molecule has 1 aromatic heterocycles. The van der Waals surface area contributed by atoms with Crippen LogP contribution < -0.4 is 0 Å². The predicted molar refractivity (Wildman–Crippen MR) is 56.9 cm³/mol. The highest BCUT2D eigenvalue weighted by Gasteiger charge is 2.26. The van der Waals surface area contributed by atoms with Gasteiger partial charge in [-0.1, -0.05) is 0 Å². The van der Waals surface area contributed by atoms with Crippen molar-refractivity contribution in [1.82, 2.24) is 4.98 Å². The monoisotopic (exact) mass is 273 g/mol. The van der Waals surface area contributed by atoms with Crippen molar-refractivity contribution in [3.63, 3.8) is 0 Å². The predicted octanol–water partition coefficient (Wildman–Crippen LogP) is 3.39. The van der Waals surface area contributed by atoms with E-state index in [-0.39, 0.29) is 13.2 Å². The number of alkyl halides is 4. The van der Waals surface area contributed by atoms with Gasteiger partial charge in [-0.25, -0.2) is 4.98 Å². The number of nitrogens with zero attached hydrogens (tertiary/aromatic N) is 1. The fourth-order valence-electron chi connectivity index (χ4n) is 0.975. The molecule has 0 saturated heterocycles. The van der Waals surface area contributed by atoms with Crippen LogP contribution in [0.5, 0.6) is 0 Å². The fraction of sp³-hybridized carbons (Fsp3) is 0.667. The highest BCUT2D eigenvalue weighted by atomic mass is 35.5. The Morgan fingerprint density at radius 1 is 1.38 bits per heavy atom. The van der Waals surface area contributed by atoms with Crippen LogP contribution >= 0.6 is 22.9 Å². The molecule has 0 unspecified atom stereocenters. The van der Waals surface area contributed by atoms with E-state index in [1.807, 2.05) is 5.38 Å². The van der Waals surface area contributed by atoms with Crippen molar-refractivity contribution in [2.24, 2.45) is 0 Å². The summed E-state index contributed by atoms with van der Waals surface area (Å²) in [6.45, 7) is -0.0391. The van der Waals surface area contributed by atoms with Crippen LogP contribution in [-0.2, 0) is 17.0 Å². The summed E-state index contributed by atoms with van der Waals surface area (Å²) < 4.78 is 40.1. The highest BCUT2D eigenvalue weighted by Crippen LogP contribution is 2.19. The molecule has 1 heterocycles. The Hall–Kier alpha value is -0.330. The molecule has 0 spiro atoms. The summed E-state index contributed by atoms with van der Waals surface area (Å²) in [5.74, 6) is 0.353. The second-order valence-electron chi connectivity index (χ2n) is 3.09. The van der Waals surface area contributed by atoms with E-state index in [1.54, 1.807) is 0 Å². The number of thiazole rings is 1. The molecule has 0 aliphatic rings. The zero-order valence-corrected chi connectivity index (χ0v) is 9.96. The van der Waals surface area contributed by atoms with Crippen molar-refractivity contribution in [1.29, 1.82) is 0 Å². The zero-order chi connectivity index (χ0) is 12.0. The number of hydrogen-bond donors (Lipinski definition) is 0. The standard InChI is InChI=1S/C9H11ClF3NOS/c10-5-7-6-16-8(14-7)1-3-15-4-2-9(11,12)13/h6H,1-5H2. The van der Waals surface area contributed by atoms with Crippen LogP contribution in [0.4, 0.5) is 13.2 Å². The average Bonchev–Trinajstić information content (AvgIpc) is 2.63. The van der Waals surface area contributed by atoms with E-state index in [4.69, 9.17) is 16.3 Å².